The minimum absolute atomic E-state index is 0.0306. The normalized spacial score (nSPS) is 15.2. The predicted molar refractivity (Wildman–Crippen MR) is 111 cm³/mol. The third-order valence-corrected chi connectivity index (χ3v) is 7.77. The zero-order valence-corrected chi connectivity index (χ0v) is 17.9. The van der Waals surface area contributed by atoms with Crippen LogP contribution >= 0.6 is 11.3 Å². The van der Waals surface area contributed by atoms with Crippen LogP contribution in [0.4, 0.5) is 8.78 Å². The number of rotatable bonds is 5. The van der Waals surface area contributed by atoms with E-state index in [2.05, 4.69) is 9.97 Å². The molecule has 1 saturated heterocycles. The van der Waals surface area contributed by atoms with Crippen molar-refractivity contribution in [1.82, 2.24) is 19.2 Å². The van der Waals surface area contributed by atoms with E-state index in [9.17, 15) is 22.0 Å². The fraction of sp³-hybridized carbons (Fsp3) is 0.250. The SMILES string of the molecule is O=C(Cc1csc(-c2cccnc2)n1)N1CCN(S(=O)(=O)c2ccc(F)cc2F)CC1. The van der Waals surface area contributed by atoms with Crippen LogP contribution < -0.4 is 0 Å². The maximum absolute atomic E-state index is 14.0. The number of sulfonamides is 1. The standard InChI is InChI=1S/C20H18F2N4O3S2/c21-15-3-4-18(17(22)10-15)31(28,29)26-8-6-25(7-9-26)19(27)11-16-13-30-20(24-16)14-2-1-5-23-12-14/h1-5,10,12-13H,6-9,11H2. The van der Waals surface area contributed by atoms with Crippen molar-refractivity contribution in [2.24, 2.45) is 0 Å². The van der Waals surface area contributed by atoms with E-state index in [0.717, 1.165) is 27.0 Å². The first-order valence-corrected chi connectivity index (χ1v) is 11.7. The number of carbonyl (C=O) groups excluding carboxylic acids is 1. The van der Waals surface area contributed by atoms with Gasteiger partial charge in [0.1, 0.15) is 21.5 Å². The van der Waals surface area contributed by atoms with Gasteiger partial charge in [0.2, 0.25) is 15.9 Å². The summed E-state index contributed by atoms with van der Waals surface area (Å²) in [5, 5.41) is 2.59. The average Bonchev–Trinajstić information content (AvgIpc) is 3.22. The van der Waals surface area contributed by atoms with Crippen molar-refractivity contribution in [3.63, 3.8) is 0 Å². The molecule has 11 heteroatoms. The minimum Gasteiger partial charge on any atom is -0.340 e. The molecule has 1 aliphatic rings. The van der Waals surface area contributed by atoms with Crippen molar-refractivity contribution in [2.45, 2.75) is 11.3 Å². The second kappa shape index (κ2) is 8.77. The fourth-order valence-electron chi connectivity index (χ4n) is 3.28. The smallest absolute Gasteiger partial charge is 0.246 e. The van der Waals surface area contributed by atoms with E-state index in [1.807, 2.05) is 17.5 Å². The summed E-state index contributed by atoms with van der Waals surface area (Å²) in [4.78, 5) is 22.2. The number of benzene rings is 1. The Bertz CT molecular complexity index is 1190. The summed E-state index contributed by atoms with van der Waals surface area (Å²) < 4.78 is 53.5. The first kappa shape index (κ1) is 21.5. The Balaban J connectivity index is 1.37. The highest BCUT2D eigenvalue weighted by molar-refractivity contribution is 7.89. The molecule has 3 aromatic rings. The summed E-state index contributed by atoms with van der Waals surface area (Å²) in [7, 11) is -4.11. The predicted octanol–water partition coefficient (Wildman–Crippen LogP) is 2.56. The van der Waals surface area contributed by atoms with E-state index in [0.29, 0.717) is 11.8 Å². The molecule has 1 amide bonds. The molecule has 162 valence electrons. The molecule has 0 unspecified atom stereocenters. The minimum atomic E-state index is -4.11. The molecule has 0 N–H and O–H groups in total. The van der Waals surface area contributed by atoms with E-state index in [-0.39, 0.29) is 38.5 Å². The average molecular weight is 465 g/mol. The molecule has 1 aliphatic heterocycles. The first-order valence-electron chi connectivity index (χ1n) is 9.42. The molecule has 0 saturated carbocycles. The Morgan fingerprint density at radius 1 is 1.13 bits per heavy atom. The molecular weight excluding hydrogens is 446 g/mol. The van der Waals surface area contributed by atoms with E-state index in [4.69, 9.17) is 0 Å². The molecule has 0 atom stereocenters. The van der Waals surface area contributed by atoms with Gasteiger partial charge in [-0.3, -0.25) is 9.78 Å². The topological polar surface area (TPSA) is 83.5 Å². The van der Waals surface area contributed by atoms with Crippen molar-refractivity contribution < 1.29 is 22.0 Å². The number of piperazine rings is 1. The van der Waals surface area contributed by atoms with Gasteiger partial charge in [-0.15, -0.1) is 11.3 Å². The Kier molecular flexibility index (Phi) is 6.08. The van der Waals surface area contributed by atoms with Gasteiger partial charge >= 0.3 is 0 Å². The van der Waals surface area contributed by atoms with Gasteiger partial charge in [0, 0.05) is 55.6 Å². The number of pyridine rings is 1. The molecule has 0 aliphatic carbocycles. The second-order valence-corrected chi connectivity index (χ2v) is 9.69. The molecule has 7 nitrogen and oxygen atoms in total. The summed E-state index contributed by atoms with van der Waals surface area (Å²) in [6.45, 7) is 0.423. The van der Waals surface area contributed by atoms with Crippen LogP contribution in [0.25, 0.3) is 10.6 Å². The van der Waals surface area contributed by atoms with E-state index in [1.165, 1.54) is 11.3 Å². The van der Waals surface area contributed by atoms with Gasteiger partial charge in [-0.05, 0) is 24.3 Å². The van der Waals surface area contributed by atoms with E-state index < -0.39 is 26.6 Å². The number of halogens is 2. The van der Waals surface area contributed by atoms with Gasteiger partial charge in [0.15, 0.2) is 0 Å². The Hall–Kier alpha value is -2.76. The van der Waals surface area contributed by atoms with Crippen LogP contribution in [0.15, 0.2) is 53.0 Å². The van der Waals surface area contributed by atoms with Gasteiger partial charge in [-0.25, -0.2) is 22.2 Å². The van der Waals surface area contributed by atoms with E-state index >= 15 is 0 Å². The lowest BCUT2D eigenvalue weighted by molar-refractivity contribution is -0.131. The summed E-state index contributed by atoms with van der Waals surface area (Å²) in [6.07, 6.45) is 3.48. The van der Waals surface area contributed by atoms with E-state index in [1.54, 1.807) is 17.3 Å². The lowest BCUT2D eigenvalue weighted by Crippen LogP contribution is -2.51. The van der Waals surface area contributed by atoms with Crippen molar-refractivity contribution in [3.8, 4) is 10.6 Å². The number of thiazole rings is 1. The number of aromatic nitrogens is 2. The Morgan fingerprint density at radius 2 is 1.90 bits per heavy atom. The van der Waals surface area contributed by atoms with Crippen molar-refractivity contribution in [2.75, 3.05) is 26.2 Å². The maximum atomic E-state index is 14.0. The molecule has 31 heavy (non-hydrogen) atoms. The van der Waals surface area contributed by atoms with Crippen molar-refractivity contribution >= 4 is 27.3 Å². The lowest BCUT2D eigenvalue weighted by atomic mass is 10.2. The number of amides is 1. The lowest BCUT2D eigenvalue weighted by Gasteiger charge is -2.34. The number of carbonyl (C=O) groups is 1. The molecule has 3 heterocycles. The third-order valence-electron chi connectivity index (χ3n) is 4.90. The molecule has 0 radical (unpaired) electrons. The summed E-state index contributed by atoms with van der Waals surface area (Å²) in [6, 6.07) is 6.07. The number of nitrogens with zero attached hydrogens (tertiary/aromatic N) is 4. The fourth-order valence-corrected chi connectivity index (χ4v) is 5.56. The zero-order chi connectivity index (χ0) is 22.0. The molecule has 1 fully saturated rings. The number of hydrogen-bond donors (Lipinski definition) is 0. The van der Waals surface area contributed by atoms with Crippen LogP contribution in [0.3, 0.4) is 0 Å². The van der Waals surface area contributed by atoms with Crippen LogP contribution in [-0.2, 0) is 21.2 Å². The first-order chi connectivity index (χ1) is 14.8. The van der Waals surface area contributed by atoms with Gasteiger partial charge in [0.25, 0.3) is 0 Å². The highest BCUT2D eigenvalue weighted by Crippen LogP contribution is 2.24. The third kappa shape index (κ3) is 4.63. The van der Waals surface area contributed by atoms with Gasteiger partial charge in [0.05, 0.1) is 12.1 Å². The molecule has 0 bridgehead atoms. The zero-order valence-electron chi connectivity index (χ0n) is 16.2. The van der Waals surface area contributed by atoms with Gasteiger partial charge in [-0.1, -0.05) is 0 Å². The quantitative estimate of drug-likeness (QED) is 0.580. The molecule has 0 spiro atoms. The van der Waals surface area contributed by atoms with Crippen LogP contribution in [-0.4, -0.2) is 59.7 Å². The highest BCUT2D eigenvalue weighted by Gasteiger charge is 2.32. The van der Waals surface area contributed by atoms with Crippen molar-refractivity contribution in [3.05, 3.63) is 65.4 Å². The highest BCUT2D eigenvalue weighted by atomic mass is 32.2. The van der Waals surface area contributed by atoms with Crippen LogP contribution in [0.5, 0.6) is 0 Å². The molecule has 4 rings (SSSR count). The molecule has 1 aromatic carbocycles. The van der Waals surface area contributed by atoms with Crippen LogP contribution in [0.2, 0.25) is 0 Å². The van der Waals surface area contributed by atoms with Gasteiger partial charge < -0.3 is 4.90 Å². The van der Waals surface area contributed by atoms with Crippen molar-refractivity contribution in [1.29, 1.82) is 0 Å². The summed E-state index contributed by atoms with van der Waals surface area (Å²) in [5.74, 6) is -2.14. The summed E-state index contributed by atoms with van der Waals surface area (Å²) in [5.41, 5.74) is 1.51. The van der Waals surface area contributed by atoms with Gasteiger partial charge in [-0.2, -0.15) is 4.31 Å². The largest absolute Gasteiger partial charge is 0.340 e. The number of hydrogen-bond acceptors (Lipinski definition) is 6. The Morgan fingerprint density at radius 3 is 2.58 bits per heavy atom. The van der Waals surface area contributed by atoms with Crippen LogP contribution in [0, 0.1) is 11.6 Å². The molecule has 2 aromatic heterocycles. The summed E-state index contributed by atoms with van der Waals surface area (Å²) >= 11 is 1.42. The Labute approximate surface area is 182 Å². The molecular formula is C20H18F2N4O3S2. The van der Waals surface area contributed by atoms with Crippen LogP contribution in [0.1, 0.15) is 5.69 Å². The monoisotopic (exact) mass is 464 g/mol. The maximum Gasteiger partial charge on any atom is 0.246 e. The second-order valence-electron chi connectivity index (χ2n) is 6.92.